The Morgan fingerprint density at radius 3 is 2.24 bits per heavy atom. The van der Waals surface area contributed by atoms with Gasteiger partial charge in [-0.2, -0.15) is 0 Å². The topological polar surface area (TPSA) is 98.0 Å². The standard InChI is InChI=1S/C20H32O5/c1-2-3-14-17-20(24,25)18(21)15-12-10-8-6-4-5-7-9-11-13-16-19(22)23/h4-8,10,12,15,18,21,24-25H,2-3,9,11,13-14,16-17H2,1H3,(H,22,23). The zero-order valence-corrected chi connectivity index (χ0v) is 15.1. The molecule has 0 spiro atoms. The number of hydrogen-bond acceptors (Lipinski definition) is 4. The molecule has 1 atom stereocenters. The van der Waals surface area contributed by atoms with Crippen LogP contribution >= 0.6 is 0 Å². The smallest absolute Gasteiger partial charge is 0.303 e. The molecule has 0 aromatic carbocycles. The summed E-state index contributed by atoms with van der Waals surface area (Å²) in [6.07, 6.45) is 17.9. The van der Waals surface area contributed by atoms with Gasteiger partial charge in [0.15, 0.2) is 5.79 Å². The van der Waals surface area contributed by atoms with E-state index in [9.17, 15) is 20.1 Å². The Balaban J connectivity index is 3.97. The number of aliphatic carboxylic acids is 1. The third-order valence-electron chi connectivity index (χ3n) is 3.62. The third kappa shape index (κ3) is 14.4. The Morgan fingerprint density at radius 2 is 1.60 bits per heavy atom. The molecular formula is C20H32O5. The fourth-order valence-corrected chi connectivity index (χ4v) is 2.08. The molecule has 142 valence electrons. The average molecular weight is 352 g/mol. The maximum Gasteiger partial charge on any atom is 0.303 e. The van der Waals surface area contributed by atoms with E-state index in [1.165, 1.54) is 6.08 Å². The fourth-order valence-electron chi connectivity index (χ4n) is 2.08. The van der Waals surface area contributed by atoms with E-state index in [0.717, 1.165) is 25.7 Å². The van der Waals surface area contributed by atoms with Crippen molar-refractivity contribution < 1.29 is 25.2 Å². The van der Waals surface area contributed by atoms with Gasteiger partial charge in [0, 0.05) is 12.8 Å². The second-order valence-corrected chi connectivity index (χ2v) is 6.00. The minimum absolute atomic E-state index is 0.146. The maximum atomic E-state index is 10.3. The van der Waals surface area contributed by atoms with Gasteiger partial charge in [-0.05, 0) is 25.7 Å². The molecule has 1 unspecified atom stereocenters. The Labute approximate surface area is 150 Å². The minimum atomic E-state index is -2.08. The van der Waals surface area contributed by atoms with Crippen LogP contribution in [0.1, 0.15) is 58.3 Å². The summed E-state index contributed by atoms with van der Waals surface area (Å²) in [7, 11) is 0. The normalized spacial score (nSPS) is 14.4. The summed E-state index contributed by atoms with van der Waals surface area (Å²) in [5, 5.41) is 37.8. The second-order valence-electron chi connectivity index (χ2n) is 6.00. The predicted octanol–water partition coefficient (Wildman–Crippen LogP) is 3.48. The summed E-state index contributed by atoms with van der Waals surface area (Å²) < 4.78 is 0. The molecule has 0 bridgehead atoms. The first-order valence-electron chi connectivity index (χ1n) is 8.91. The highest BCUT2D eigenvalue weighted by Gasteiger charge is 2.30. The average Bonchev–Trinajstić information content (AvgIpc) is 2.55. The Bertz CT molecular complexity index is 461. The van der Waals surface area contributed by atoms with Crippen LogP contribution in [0.3, 0.4) is 0 Å². The van der Waals surface area contributed by atoms with E-state index in [0.29, 0.717) is 12.8 Å². The van der Waals surface area contributed by atoms with Crippen LogP contribution in [0.2, 0.25) is 0 Å². The zero-order chi connectivity index (χ0) is 19.0. The molecule has 0 aliphatic heterocycles. The van der Waals surface area contributed by atoms with Crippen LogP contribution in [0.5, 0.6) is 0 Å². The van der Waals surface area contributed by atoms with E-state index < -0.39 is 17.9 Å². The van der Waals surface area contributed by atoms with Crippen molar-refractivity contribution in [2.75, 3.05) is 0 Å². The van der Waals surface area contributed by atoms with Gasteiger partial charge in [0.25, 0.3) is 0 Å². The number of unbranched alkanes of at least 4 members (excludes halogenated alkanes) is 4. The molecule has 0 aromatic heterocycles. The molecule has 4 N–H and O–H groups in total. The number of rotatable bonds is 14. The lowest BCUT2D eigenvalue weighted by Gasteiger charge is -2.25. The van der Waals surface area contributed by atoms with Crippen molar-refractivity contribution in [1.29, 1.82) is 0 Å². The van der Waals surface area contributed by atoms with Crippen LogP contribution in [0.15, 0.2) is 48.6 Å². The molecule has 5 nitrogen and oxygen atoms in total. The number of carboxylic acids is 1. The summed E-state index contributed by atoms with van der Waals surface area (Å²) in [4.78, 5) is 10.3. The van der Waals surface area contributed by atoms with Crippen LogP contribution in [0.25, 0.3) is 0 Å². The number of aliphatic hydroxyl groups is 3. The van der Waals surface area contributed by atoms with Gasteiger partial charge in [0.2, 0.25) is 0 Å². The summed E-state index contributed by atoms with van der Waals surface area (Å²) in [5.74, 6) is -2.84. The molecule has 0 aliphatic rings. The number of carboxylic acid groups (broad SMARTS) is 1. The first kappa shape index (κ1) is 23.3. The van der Waals surface area contributed by atoms with Gasteiger partial charge in [0.1, 0.15) is 6.10 Å². The van der Waals surface area contributed by atoms with E-state index in [2.05, 4.69) is 0 Å². The molecule has 0 heterocycles. The lowest BCUT2D eigenvalue weighted by molar-refractivity contribution is -0.215. The Kier molecular flexibility index (Phi) is 13.6. The van der Waals surface area contributed by atoms with Gasteiger partial charge in [-0.1, -0.05) is 68.4 Å². The number of allylic oxidation sites excluding steroid dienone is 7. The molecule has 0 radical (unpaired) electrons. The van der Waals surface area contributed by atoms with Crippen LogP contribution in [0, 0.1) is 0 Å². The largest absolute Gasteiger partial charge is 0.481 e. The molecule has 0 fully saturated rings. The predicted molar refractivity (Wildman–Crippen MR) is 100.0 cm³/mol. The summed E-state index contributed by atoms with van der Waals surface area (Å²) in [5.41, 5.74) is 0. The molecular weight excluding hydrogens is 320 g/mol. The fraction of sp³-hybridized carbons (Fsp3) is 0.550. The number of hydrogen-bond donors (Lipinski definition) is 4. The molecule has 0 aliphatic carbocycles. The van der Waals surface area contributed by atoms with E-state index in [1.54, 1.807) is 18.2 Å². The van der Waals surface area contributed by atoms with Crippen LogP contribution in [-0.2, 0) is 4.79 Å². The second kappa shape index (κ2) is 14.6. The lowest BCUT2D eigenvalue weighted by Crippen LogP contribution is -2.40. The first-order valence-corrected chi connectivity index (χ1v) is 8.91. The molecule has 0 amide bonds. The summed E-state index contributed by atoms with van der Waals surface area (Å²) >= 11 is 0. The van der Waals surface area contributed by atoms with Gasteiger partial charge < -0.3 is 20.4 Å². The van der Waals surface area contributed by atoms with E-state index in [4.69, 9.17) is 5.11 Å². The summed E-state index contributed by atoms with van der Waals surface area (Å²) in [6.45, 7) is 2.03. The maximum absolute atomic E-state index is 10.3. The van der Waals surface area contributed by atoms with Gasteiger partial charge in [0.05, 0.1) is 0 Å². The van der Waals surface area contributed by atoms with Crippen molar-refractivity contribution in [2.24, 2.45) is 0 Å². The minimum Gasteiger partial charge on any atom is -0.481 e. The van der Waals surface area contributed by atoms with E-state index in [1.807, 2.05) is 31.2 Å². The highest BCUT2D eigenvalue weighted by Crippen LogP contribution is 2.17. The van der Waals surface area contributed by atoms with Crippen LogP contribution < -0.4 is 0 Å². The highest BCUT2D eigenvalue weighted by atomic mass is 16.5. The molecule has 0 saturated heterocycles. The highest BCUT2D eigenvalue weighted by molar-refractivity contribution is 5.66. The van der Waals surface area contributed by atoms with Gasteiger partial charge in [-0.3, -0.25) is 4.79 Å². The van der Waals surface area contributed by atoms with Crippen molar-refractivity contribution in [1.82, 2.24) is 0 Å². The van der Waals surface area contributed by atoms with Crippen molar-refractivity contribution in [3.05, 3.63) is 48.6 Å². The zero-order valence-electron chi connectivity index (χ0n) is 15.1. The molecule has 0 rings (SSSR count). The number of aliphatic hydroxyl groups excluding tert-OH is 1. The van der Waals surface area contributed by atoms with E-state index >= 15 is 0 Å². The summed E-state index contributed by atoms with van der Waals surface area (Å²) in [6, 6.07) is 0. The van der Waals surface area contributed by atoms with Gasteiger partial charge in [-0.15, -0.1) is 0 Å². The van der Waals surface area contributed by atoms with Crippen molar-refractivity contribution in [2.45, 2.75) is 70.2 Å². The van der Waals surface area contributed by atoms with Crippen molar-refractivity contribution in [3.63, 3.8) is 0 Å². The van der Waals surface area contributed by atoms with Crippen LogP contribution in [-0.4, -0.2) is 38.3 Å². The van der Waals surface area contributed by atoms with Crippen LogP contribution in [0.4, 0.5) is 0 Å². The molecule has 5 heteroatoms. The molecule has 25 heavy (non-hydrogen) atoms. The monoisotopic (exact) mass is 352 g/mol. The number of carbonyl (C=O) groups is 1. The lowest BCUT2D eigenvalue weighted by atomic mass is 10.0. The molecule has 0 saturated carbocycles. The van der Waals surface area contributed by atoms with Gasteiger partial charge in [-0.25, -0.2) is 0 Å². The van der Waals surface area contributed by atoms with Gasteiger partial charge >= 0.3 is 5.97 Å². The third-order valence-corrected chi connectivity index (χ3v) is 3.62. The van der Waals surface area contributed by atoms with Crippen molar-refractivity contribution >= 4 is 5.97 Å². The SMILES string of the molecule is CCCCCC(O)(O)C(O)C=CC=CC=CC=CCCCCC(=O)O. The van der Waals surface area contributed by atoms with Crippen molar-refractivity contribution in [3.8, 4) is 0 Å². The Morgan fingerprint density at radius 1 is 0.960 bits per heavy atom. The molecule has 0 aromatic rings. The Hall–Kier alpha value is -1.69. The first-order chi connectivity index (χ1) is 11.9. The quantitative estimate of drug-likeness (QED) is 0.218. The van der Waals surface area contributed by atoms with E-state index in [-0.39, 0.29) is 12.8 Å².